The number of hydrogen-bond donors (Lipinski definition) is 0. The van der Waals surface area contributed by atoms with E-state index in [-0.39, 0.29) is 0 Å². The van der Waals surface area contributed by atoms with Crippen LogP contribution >= 0.6 is 0 Å². The first-order valence-electron chi connectivity index (χ1n) is 17.9. The monoisotopic (exact) mass is 522 g/mol. The molecule has 0 spiro atoms. The lowest BCUT2D eigenvalue weighted by Gasteiger charge is -2.35. The molecule has 0 aromatic heterocycles. The van der Waals surface area contributed by atoms with Gasteiger partial charge in [0.2, 0.25) is 0 Å². The molecular weight excluding hydrogens is 446 g/mol. The molecule has 0 rings (SSSR count). The fourth-order valence-electron chi connectivity index (χ4n) is 6.14. The molecule has 0 radical (unpaired) electrons. The summed E-state index contributed by atoms with van der Waals surface area (Å²) in [6.45, 7) is 13.4. The Labute approximate surface area is 237 Å². The molecule has 0 aliphatic rings. The van der Waals surface area contributed by atoms with E-state index in [1.54, 1.807) is 0 Å². The van der Waals surface area contributed by atoms with Gasteiger partial charge in [0.25, 0.3) is 0 Å². The van der Waals surface area contributed by atoms with Crippen molar-refractivity contribution in [1.82, 2.24) is 4.90 Å². The van der Waals surface area contributed by atoms with Gasteiger partial charge in [-0.15, -0.1) is 0 Å². The van der Waals surface area contributed by atoms with E-state index in [0.29, 0.717) is 0 Å². The molecule has 0 aliphatic carbocycles. The molecule has 0 N–H and O–H groups in total. The standard InChI is InChI=1S/C36H75N/c1-6-9-12-15-18-21-23-26-29-32-35(4)37(34-31-28-25-20-17-14-11-8-3)36(5)33-30-27-24-22-19-16-13-10-7-2/h35-36H,6-34H2,1-5H3. The molecule has 0 heterocycles. The predicted molar refractivity (Wildman–Crippen MR) is 172 cm³/mol. The van der Waals surface area contributed by atoms with E-state index in [1.807, 2.05) is 0 Å². The zero-order chi connectivity index (χ0) is 27.2. The molecule has 0 bridgehead atoms. The number of hydrogen-bond acceptors (Lipinski definition) is 1. The highest BCUT2D eigenvalue weighted by molar-refractivity contribution is 4.74. The Bertz CT molecular complexity index is 377. The van der Waals surface area contributed by atoms with Crippen molar-refractivity contribution in [3.63, 3.8) is 0 Å². The summed E-state index contributed by atoms with van der Waals surface area (Å²) in [4.78, 5) is 2.92. The highest BCUT2D eigenvalue weighted by Gasteiger charge is 2.19. The fourth-order valence-corrected chi connectivity index (χ4v) is 6.14. The molecule has 0 saturated carbocycles. The summed E-state index contributed by atoms with van der Waals surface area (Å²) in [7, 11) is 0. The van der Waals surface area contributed by atoms with Crippen LogP contribution in [0.15, 0.2) is 0 Å². The minimum Gasteiger partial charge on any atom is -0.298 e. The van der Waals surface area contributed by atoms with Crippen LogP contribution in [-0.4, -0.2) is 23.5 Å². The van der Waals surface area contributed by atoms with Crippen LogP contribution in [0.5, 0.6) is 0 Å². The normalized spacial score (nSPS) is 13.5. The van der Waals surface area contributed by atoms with Crippen LogP contribution in [0.2, 0.25) is 0 Å². The van der Waals surface area contributed by atoms with Crippen LogP contribution < -0.4 is 0 Å². The van der Waals surface area contributed by atoms with Crippen molar-refractivity contribution in [2.75, 3.05) is 6.54 Å². The minimum absolute atomic E-state index is 0.766. The van der Waals surface area contributed by atoms with Gasteiger partial charge in [-0.25, -0.2) is 0 Å². The molecule has 1 nitrogen and oxygen atoms in total. The van der Waals surface area contributed by atoms with Gasteiger partial charge in [0.15, 0.2) is 0 Å². The first kappa shape index (κ1) is 37.0. The lowest BCUT2D eigenvalue weighted by Crippen LogP contribution is -2.41. The summed E-state index contributed by atoms with van der Waals surface area (Å²) in [5, 5.41) is 0. The topological polar surface area (TPSA) is 3.24 Å². The van der Waals surface area contributed by atoms with Crippen molar-refractivity contribution in [3.8, 4) is 0 Å². The number of nitrogens with zero attached hydrogens (tertiary/aromatic N) is 1. The second-order valence-electron chi connectivity index (χ2n) is 12.6. The SMILES string of the molecule is CCCCCCCCCCCC(C)N(CCCCCCCCCC)C(C)CCCCCCCCCCC. The molecule has 0 fully saturated rings. The lowest BCUT2D eigenvalue weighted by atomic mass is 10.00. The summed E-state index contributed by atoms with van der Waals surface area (Å²) >= 11 is 0. The second kappa shape index (κ2) is 30.5. The van der Waals surface area contributed by atoms with Crippen molar-refractivity contribution < 1.29 is 0 Å². The maximum absolute atomic E-state index is 2.92. The maximum atomic E-state index is 2.92. The van der Waals surface area contributed by atoms with Crippen molar-refractivity contribution in [2.24, 2.45) is 0 Å². The summed E-state index contributed by atoms with van der Waals surface area (Å²) in [5.74, 6) is 0. The van der Waals surface area contributed by atoms with E-state index in [4.69, 9.17) is 0 Å². The van der Waals surface area contributed by atoms with Gasteiger partial charge in [-0.1, -0.05) is 181 Å². The Morgan fingerprint density at radius 2 is 0.568 bits per heavy atom. The molecule has 2 unspecified atom stereocenters. The van der Waals surface area contributed by atoms with E-state index in [0.717, 1.165) is 12.1 Å². The van der Waals surface area contributed by atoms with Crippen molar-refractivity contribution in [1.29, 1.82) is 0 Å². The first-order chi connectivity index (χ1) is 18.2. The van der Waals surface area contributed by atoms with Gasteiger partial charge in [-0.2, -0.15) is 0 Å². The first-order valence-corrected chi connectivity index (χ1v) is 17.9. The smallest absolute Gasteiger partial charge is 0.00697 e. The molecule has 0 aliphatic heterocycles. The zero-order valence-electron chi connectivity index (χ0n) is 27.1. The largest absolute Gasteiger partial charge is 0.298 e. The molecule has 224 valence electrons. The van der Waals surface area contributed by atoms with Gasteiger partial charge >= 0.3 is 0 Å². The van der Waals surface area contributed by atoms with Gasteiger partial charge in [-0.05, 0) is 39.7 Å². The van der Waals surface area contributed by atoms with Crippen LogP contribution in [0.4, 0.5) is 0 Å². The molecular formula is C36H75N. The van der Waals surface area contributed by atoms with Gasteiger partial charge < -0.3 is 0 Å². The number of unbranched alkanes of at least 4 members (excludes halogenated alkanes) is 23. The molecule has 0 aromatic carbocycles. The second-order valence-corrected chi connectivity index (χ2v) is 12.6. The zero-order valence-corrected chi connectivity index (χ0v) is 27.1. The molecule has 37 heavy (non-hydrogen) atoms. The Kier molecular flexibility index (Phi) is 30.5. The van der Waals surface area contributed by atoms with Crippen molar-refractivity contribution in [3.05, 3.63) is 0 Å². The Hall–Kier alpha value is -0.0400. The molecule has 0 aromatic rings. The average Bonchev–Trinajstić information content (AvgIpc) is 2.90. The van der Waals surface area contributed by atoms with E-state index < -0.39 is 0 Å². The van der Waals surface area contributed by atoms with Crippen molar-refractivity contribution in [2.45, 2.75) is 226 Å². The molecule has 1 heteroatoms. The minimum atomic E-state index is 0.766. The Balaban J connectivity index is 4.21. The van der Waals surface area contributed by atoms with Crippen molar-refractivity contribution >= 4 is 0 Å². The summed E-state index contributed by atoms with van der Waals surface area (Å²) < 4.78 is 0. The predicted octanol–water partition coefficient (Wildman–Crippen LogP) is 13.0. The Morgan fingerprint density at radius 1 is 0.324 bits per heavy atom. The van der Waals surface area contributed by atoms with E-state index >= 15 is 0 Å². The maximum Gasteiger partial charge on any atom is 0.00697 e. The van der Waals surface area contributed by atoms with E-state index in [2.05, 4.69) is 39.5 Å². The highest BCUT2D eigenvalue weighted by atomic mass is 15.2. The summed E-state index contributed by atoms with van der Waals surface area (Å²) in [6.07, 6.45) is 40.3. The van der Waals surface area contributed by atoms with Crippen LogP contribution in [0, 0.1) is 0 Å². The van der Waals surface area contributed by atoms with Gasteiger partial charge in [0.1, 0.15) is 0 Å². The quantitative estimate of drug-likeness (QED) is 0.0820. The van der Waals surface area contributed by atoms with Crippen LogP contribution in [0.25, 0.3) is 0 Å². The highest BCUT2D eigenvalue weighted by Crippen LogP contribution is 2.20. The van der Waals surface area contributed by atoms with Gasteiger partial charge in [-0.3, -0.25) is 4.90 Å². The van der Waals surface area contributed by atoms with Crippen LogP contribution in [0.1, 0.15) is 214 Å². The number of rotatable bonds is 31. The Morgan fingerprint density at radius 3 is 0.865 bits per heavy atom. The summed E-state index contributed by atoms with van der Waals surface area (Å²) in [5.41, 5.74) is 0. The fraction of sp³-hybridized carbons (Fsp3) is 1.00. The third-order valence-corrected chi connectivity index (χ3v) is 8.85. The summed E-state index contributed by atoms with van der Waals surface area (Å²) in [6, 6.07) is 1.53. The molecule has 0 saturated heterocycles. The van der Waals surface area contributed by atoms with Gasteiger partial charge in [0, 0.05) is 12.1 Å². The third kappa shape index (κ3) is 26.0. The molecule has 2 atom stereocenters. The van der Waals surface area contributed by atoms with Crippen LogP contribution in [-0.2, 0) is 0 Å². The van der Waals surface area contributed by atoms with Gasteiger partial charge in [0.05, 0.1) is 0 Å². The average molecular weight is 522 g/mol. The lowest BCUT2D eigenvalue weighted by molar-refractivity contribution is 0.132. The molecule has 0 amide bonds. The van der Waals surface area contributed by atoms with E-state index in [9.17, 15) is 0 Å². The van der Waals surface area contributed by atoms with Crippen LogP contribution in [0.3, 0.4) is 0 Å². The third-order valence-electron chi connectivity index (χ3n) is 8.85. The van der Waals surface area contributed by atoms with E-state index in [1.165, 1.54) is 186 Å².